The van der Waals surface area contributed by atoms with E-state index in [0.29, 0.717) is 6.04 Å². The zero-order valence-electron chi connectivity index (χ0n) is 13.0. The average Bonchev–Trinajstić information content (AvgIpc) is 3.16. The van der Waals surface area contributed by atoms with Crippen molar-refractivity contribution in [3.63, 3.8) is 0 Å². The van der Waals surface area contributed by atoms with E-state index in [1.165, 1.54) is 5.56 Å². The Labute approximate surface area is 126 Å². The molecule has 1 N–H and O–H groups in total. The molecule has 0 amide bonds. The number of aryl methyl sites for hydroxylation is 1. The fourth-order valence-electron chi connectivity index (χ4n) is 3.31. The molecule has 118 valence electrons. The molecule has 2 aliphatic heterocycles. The molecule has 6 heteroatoms. The van der Waals surface area contributed by atoms with Gasteiger partial charge in [-0.1, -0.05) is 6.92 Å². The van der Waals surface area contributed by atoms with E-state index in [-0.39, 0.29) is 12.1 Å². The summed E-state index contributed by atoms with van der Waals surface area (Å²) in [6.45, 7) is 7.59. The fraction of sp³-hybridized carbons (Fsp3) is 0.800. The van der Waals surface area contributed by atoms with Gasteiger partial charge in [0.25, 0.3) is 0 Å². The van der Waals surface area contributed by atoms with E-state index in [9.17, 15) is 0 Å². The van der Waals surface area contributed by atoms with E-state index in [1.54, 1.807) is 0 Å². The van der Waals surface area contributed by atoms with E-state index in [1.807, 2.05) is 17.9 Å². The summed E-state index contributed by atoms with van der Waals surface area (Å²) in [4.78, 5) is 2.48. The monoisotopic (exact) mass is 294 g/mol. The van der Waals surface area contributed by atoms with Gasteiger partial charge in [-0.3, -0.25) is 9.58 Å². The predicted molar refractivity (Wildman–Crippen MR) is 80.2 cm³/mol. The lowest BCUT2D eigenvalue weighted by Gasteiger charge is -2.40. The summed E-state index contributed by atoms with van der Waals surface area (Å²) in [6, 6.07) is 0.757. The first kappa shape index (κ1) is 15.0. The highest BCUT2D eigenvalue weighted by Crippen LogP contribution is 2.29. The minimum Gasteiger partial charge on any atom is -0.380 e. The van der Waals surface area contributed by atoms with Crippen LogP contribution in [0.1, 0.15) is 24.9 Å². The SMILES string of the molecule is CCN1CCO[C@@H](CNC2CCOC2)[C@@H]1c1cnn(C)c1. The minimum absolute atomic E-state index is 0.170. The molecule has 2 aliphatic rings. The lowest BCUT2D eigenvalue weighted by atomic mass is 10.0. The maximum Gasteiger partial charge on any atom is 0.0897 e. The molecule has 2 saturated heterocycles. The second-order valence-electron chi connectivity index (χ2n) is 5.90. The van der Waals surface area contributed by atoms with Crippen LogP contribution in [0.4, 0.5) is 0 Å². The number of ether oxygens (including phenoxy) is 2. The predicted octanol–water partition coefficient (Wildman–Crippen LogP) is 0.560. The molecule has 3 heterocycles. The Morgan fingerprint density at radius 3 is 3.00 bits per heavy atom. The zero-order valence-corrected chi connectivity index (χ0v) is 13.0. The van der Waals surface area contributed by atoms with Crippen LogP contribution < -0.4 is 5.32 Å². The van der Waals surface area contributed by atoms with Crippen molar-refractivity contribution in [2.75, 3.05) is 39.5 Å². The van der Waals surface area contributed by atoms with Crippen molar-refractivity contribution < 1.29 is 9.47 Å². The Balaban J connectivity index is 1.69. The van der Waals surface area contributed by atoms with E-state index in [0.717, 1.165) is 45.9 Å². The van der Waals surface area contributed by atoms with Gasteiger partial charge in [0.15, 0.2) is 0 Å². The number of hydrogen-bond acceptors (Lipinski definition) is 5. The van der Waals surface area contributed by atoms with Gasteiger partial charge in [-0.25, -0.2) is 0 Å². The number of nitrogens with zero attached hydrogens (tertiary/aromatic N) is 3. The Kier molecular flexibility index (Phi) is 4.90. The number of likely N-dealkylation sites (N-methyl/N-ethyl adjacent to an activating group) is 1. The lowest BCUT2D eigenvalue weighted by molar-refractivity contribution is -0.0702. The Hall–Kier alpha value is -0.950. The van der Waals surface area contributed by atoms with Crippen molar-refractivity contribution in [2.45, 2.75) is 31.5 Å². The van der Waals surface area contributed by atoms with Crippen molar-refractivity contribution >= 4 is 0 Å². The van der Waals surface area contributed by atoms with Crippen LogP contribution in [0.2, 0.25) is 0 Å². The molecule has 3 rings (SSSR count). The van der Waals surface area contributed by atoms with Crippen LogP contribution in [-0.4, -0.2) is 66.3 Å². The van der Waals surface area contributed by atoms with E-state index >= 15 is 0 Å². The Morgan fingerprint density at radius 1 is 1.43 bits per heavy atom. The topological polar surface area (TPSA) is 51.6 Å². The second-order valence-corrected chi connectivity index (χ2v) is 5.90. The zero-order chi connectivity index (χ0) is 14.7. The van der Waals surface area contributed by atoms with Gasteiger partial charge < -0.3 is 14.8 Å². The normalized spacial score (nSPS) is 30.9. The van der Waals surface area contributed by atoms with E-state index in [4.69, 9.17) is 9.47 Å². The van der Waals surface area contributed by atoms with Gasteiger partial charge in [-0.2, -0.15) is 5.10 Å². The summed E-state index contributed by atoms with van der Waals surface area (Å²) >= 11 is 0. The maximum absolute atomic E-state index is 6.06. The van der Waals surface area contributed by atoms with Gasteiger partial charge in [0, 0.05) is 44.5 Å². The fourth-order valence-corrected chi connectivity index (χ4v) is 3.31. The molecule has 0 bridgehead atoms. The summed E-state index contributed by atoms with van der Waals surface area (Å²) in [6.07, 6.45) is 5.34. The molecule has 1 aromatic heterocycles. The van der Waals surface area contributed by atoms with Crippen LogP contribution in [0, 0.1) is 0 Å². The smallest absolute Gasteiger partial charge is 0.0897 e. The molecule has 0 aromatic carbocycles. The van der Waals surface area contributed by atoms with Gasteiger partial charge in [-0.15, -0.1) is 0 Å². The van der Waals surface area contributed by atoms with Gasteiger partial charge in [0.05, 0.1) is 31.6 Å². The van der Waals surface area contributed by atoms with Crippen molar-refractivity contribution in [3.8, 4) is 0 Å². The quantitative estimate of drug-likeness (QED) is 0.860. The average molecular weight is 294 g/mol. The summed E-state index contributed by atoms with van der Waals surface area (Å²) < 4.78 is 13.4. The number of morpholine rings is 1. The third kappa shape index (κ3) is 3.45. The third-order valence-corrected chi connectivity index (χ3v) is 4.47. The molecule has 0 saturated carbocycles. The summed E-state index contributed by atoms with van der Waals surface area (Å²) in [5.41, 5.74) is 1.24. The molecule has 1 unspecified atom stereocenters. The molecule has 6 nitrogen and oxygen atoms in total. The highest BCUT2D eigenvalue weighted by atomic mass is 16.5. The first-order valence-electron chi connectivity index (χ1n) is 7.93. The highest BCUT2D eigenvalue weighted by Gasteiger charge is 2.34. The van der Waals surface area contributed by atoms with Crippen molar-refractivity contribution in [1.29, 1.82) is 0 Å². The second kappa shape index (κ2) is 6.87. The van der Waals surface area contributed by atoms with Crippen LogP contribution >= 0.6 is 0 Å². The number of rotatable bonds is 5. The Morgan fingerprint density at radius 2 is 2.33 bits per heavy atom. The van der Waals surface area contributed by atoms with Gasteiger partial charge in [0.2, 0.25) is 0 Å². The van der Waals surface area contributed by atoms with Crippen LogP contribution in [0.15, 0.2) is 12.4 Å². The maximum atomic E-state index is 6.06. The molecule has 0 spiro atoms. The van der Waals surface area contributed by atoms with E-state index in [2.05, 4.69) is 28.4 Å². The molecular weight excluding hydrogens is 268 g/mol. The van der Waals surface area contributed by atoms with Crippen molar-refractivity contribution in [3.05, 3.63) is 18.0 Å². The molecule has 1 aromatic rings. The summed E-state index contributed by atoms with van der Waals surface area (Å²) in [7, 11) is 1.96. The first-order valence-corrected chi connectivity index (χ1v) is 7.93. The van der Waals surface area contributed by atoms with Crippen molar-refractivity contribution in [2.24, 2.45) is 7.05 Å². The number of hydrogen-bond donors (Lipinski definition) is 1. The summed E-state index contributed by atoms with van der Waals surface area (Å²) in [5, 5.41) is 7.93. The molecule has 0 aliphatic carbocycles. The number of aromatic nitrogens is 2. The minimum atomic E-state index is 0.170. The molecule has 0 radical (unpaired) electrons. The van der Waals surface area contributed by atoms with Gasteiger partial charge >= 0.3 is 0 Å². The third-order valence-electron chi connectivity index (χ3n) is 4.47. The molecule has 3 atom stereocenters. The van der Waals surface area contributed by atoms with Crippen molar-refractivity contribution in [1.82, 2.24) is 20.0 Å². The van der Waals surface area contributed by atoms with Crippen LogP contribution in [-0.2, 0) is 16.5 Å². The van der Waals surface area contributed by atoms with Crippen LogP contribution in [0.25, 0.3) is 0 Å². The molecular formula is C15H26N4O2. The highest BCUT2D eigenvalue weighted by molar-refractivity contribution is 5.14. The van der Waals surface area contributed by atoms with Crippen LogP contribution in [0.5, 0.6) is 0 Å². The standard InChI is InChI=1S/C15H26N4O2/c1-3-19-5-7-21-14(9-16-13-4-6-20-11-13)15(19)12-8-17-18(2)10-12/h8,10,13-16H,3-7,9,11H2,1-2H3/t13?,14-,15-/m0/s1. The molecule has 2 fully saturated rings. The van der Waals surface area contributed by atoms with Crippen LogP contribution in [0.3, 0.4) is 0 Å². The first-order chi connectivity index (χ1) is 10.3. The molecule has 21 heavy (non-hydrogen) atoms. The summed E-state index contributed by atoms with van der Waals surface area (Å²) in [5.74, 6) is 0. The number of nitrogens with one attached hydrogen (secondary N) is 1. The lowest BCUT2D eigenvalue weighted by Crippen LogP contribution is -2.50. The largest absolute Gasteiger partial charge is 0.380 e. The Bertz CT molecular complexity index is 445. The van der Waals surface area contributed by atoms with Gasteiger partial charge in [-0.05, 0) is 13.0 Å². The van der Waals surface area contributed by atoms with Gasteiger partial charge in [0.1, 0.15) is 0 Å². The van der Waals surface area contributed by atoms with E-state index < -0.39 is 0 Å².